The van der Waals surface area contributed by atoms with Crippen LogP contribution in [0.1, 0.15) is 58.6 Å². The molecule has 21 heavy (non-hydrogen) atoms. The van der Waals surface area contributed by atoms with Crippen molar-refractivity contribution in [1.29, 1.82) is 0 Å². The van der Waals surface area contributed by atoms with Gasteiger partial charge in [0.15, 0.2) is 5.78 Å². The highest BCUT2D eigenvalue weighted by Crippen LogP contribution is 2.19. The molecule has 1 aliphatic carbocycles. The van der Waals surface area contributed by atoms with Crippen molar-refractivity contribution < 1.29 is 14.3 Å². The number of pyridine rings is 1. The molecule has 0 aromatic carbocycles. The molecule has 2 aliphatic rings. The molecular weight excluding hydrogens is 268 g/mol. The Hall–Kier alpha value is -1.75. The Bertz CT molecular complexity index is 550. The number of hydrogen-bond acceptors (Lipinski definition) is 4. The van der Waals surface area contributed by atoms with Crippen LogP contribution in [0, 0.1) is 0 Å². The number of Topliss-reactive ketones (excluding diaryl/α,β-unsaturated/α-hetero) is 1. The molecule has 5 heteroatoms. The van der Waals surface area contributed by atoms with Gasteiger partial charge in [0.1, 0.15) is 5.69 Å². The molecule has 1 saturated heterocycles. The van der Waals surface area contributed by atoms with Crippen molar-refractivity contribution in [3.63, 3.8) is 0 Å². The fourth-order valence-electron chi connectivity index (χ4n) is 2.89. The summed E-state index contributed by atoms with van der Waals surface area (Å²) in [5, 5.41) is 2.86. The average molecular weight is 288 g/mol. The number of ether oxygens (including phenoxy) is 1. The van der Waals surface area contributed by atoms with Gasteiger partial charge in [0.2, 0.25) is 0 Å². The zero-order chi connectivity index (χ0) is 14.7. The summed E-state index contributed by atoms with van der Waals surface area (Å²) in [6.07, 6.45) is 5.37. The van der Waals surface area contributed by atoms with Crippen molar-refractivity contribution in [3.05, 3.63) is 29.1 Å². The SMILES string of the molecule is O=C(NC[C@H]1CCCO1)c1ccc2c(n1)CCCCC2=O. The minimum absolute atomic E-state index is 0.122. The van der Waals surface area contributed by atoms with Crippen molar-refractivity contribution in [2.24, 2.45) is 0 Å². The first-order valence-electron chi connectivity index (χ1n) is 7.67. The van der Waals surface area contributed by atoms with Gasteiger partial charge in [-0.3, -0.25) is 9.59 Å². The van der Waals surface area contributed by atoms with E-state index in [-0.39, 0.29) is 17.8 Å². The fourth-order valence-corrected chi connectivity index (χ4v) is 2.89. The molecule has 0 bridgehead atoms. The second-order valence-electron chi connectivity index (χ2n) is 5.67. The molecule has 2 heterocycles. The molecule has 112 valence electrons. The van der Waals surface area contributed by atoms with Crippen LogP contribution in [0.4, 0.5) is 0 Å². The van der Waals surface area contributed by atoms with E-state index in [9.17, 15) is 9.59 Å². The summed E-state index contributed by atoms with van der Waals surface area (Å²) in [6.45, 7) is 1.30. The second-order valence-corrected chi connectivity index (χ2v) is 5.67. The number of aromatic nitrogens is 1. The summed E-state index contributed by atoms with van der Waals surface area (Å²) < 4.78 is 5.48. The normalized spacial score (nSPS) is 21.7. The number of carbonyl (C=O) groups excluding carboxylic acids is 2. The van der Waals surface area contributed by atoms with Crippen molar-refractivity contribution in [2.45, 2.75) is 44.6 Å². The van der Waals surface area contributed by atoms with Crippen LogP contribution in [-0.4, -0.2) is 35.9 Å². The maximum absolute atomic E-state index is 12.1. The first-order chi connectivity index (χ1) is 10.2. The van der Waals surface area contributed by atoms with E-state index in [1.54, 1.807) is 12.1 Å². The number of carbonyl (C=O) groups is 2. The van der Waals surface area contributed by atoms with E-state index in [1.807, 2.05) is 0 Å². The first-order valence-corrected chi connectivity index (χ1v) is 7.67. The number of amides is 1. The maximum atomic E-state index is 12.1. The summed E-state index contributed by atoms with van der Waals surface area (Å²) >= 11 is 0. The lowest BCUT2D eigenvalue weighted by molar-refractivity contribution is 0.0853. The standard InChI is InChI=1S/C16H20N2O3/c19-15-6-2-1-5-13-12(15)7-8-14(18-13)16(20)17-10-11-4-3-9-21-11/h7-8,11H,1-6,9-10H2,(H,17,20)/t11-/m1/s1. The Morgan fingerprint density at radius 3 is 2.95 bits per heavy atom. The van der Waals surface area contributed by atoms with E-state index in [0.29, 0.717) is 24.2 Å². The number of nitrogens with one attached hydrogen (secondary N) is 1. The van der Waals surface area contributed by atoms with E-state index in [2.05, 4.69) is 10.3 Å². The molecule has 0 saturated carbocycles. The van der Waals surface area contributed by atoms with Gasteiger partial charge in [-0.1, -0.05) is 0 Å². The summed E-state index contributed by atoms with van der Waals surface area (Å²) in [5.41, 5.74) is 1.84. The third kappa shape index (κ3) is 3.29. The zero-order valence-corrected chi connectivity index (χ0v) is 12.1. The van der Waals surface area contributed by atoms with E-state index in [4.69, 9.17) is 4.74 Å². The van der Waals surface area contributed by atoms with Gasteiger partial charge >= 0.3 is 0 Å². The lowest BCUT2D eigenvalue weighted by atomic mass is 10.1. The highest BCUT2D eigenvalue weighted by atomic mass is 16.5. The molecule has 1 aromatic heterocycles. The second kappa shape index (κ2) is 6.35. The van der Waals surface area contributed by atoms with Gasteiger partial charge < -0.3 is 10.1 Å². The molecule has 5 nitrogen and oxygen atoms in total. The summed E-state index contributed by atoms with van der Waals surface area (Å²) in [5.74, 6) is -0.0497. The minimum atomic E-state index is -0.190. The number of ketones is 1. The van der Waals surface area contributed by atoms with E-state index in [1.165, 1.54) is 0 Å². The maximum Gasteiger partial charge on any atom is 0.269 e. The molecule has 1 N–H and O–H groups in total. The number of rotatable bonds is 3. The van der Waals surface area contributed by atoms with Gasteiger partial charge in [-0.15, -0.1) is 0 Å². The molecule has 1 fully saturated rings. The summed E-state index contributed by atoms with van der Waals surface area (Å²) in [7, 11) is 0. The van der Waals surface area contributed by atoms with Crippen LogP contribution in [0.2, 0.25) is 0 Å². The molecule has 0 unspecified atom stereocenters. The Labute approximate surface area is 124 Å². The van der Waals surface area contributed by atoms with Gasteiger partial charge in [0.05, 0.1) is 11.8 Å². The van der Waals surface area contributed by atoms with Crippen molar-refractivity contribution in [2.75, 3.05) is 13.2 Å². The van der Waals surface area contributed by atoms with Crippen LogP contribution in [-0.2, 0) is 11.2 Å². The number of fused-ring (bicyclic) bond motifs is 1. The average Bonchev–Trinajstić information content (AvgIpc) is 2.95. The van der Waals surface area contributed by atoms with Crippen LogP contribution in [0.25, 0.3) is 0 Å². The topological polar surface area (TPSA) is 68.3 Å². The smallest absolute Gasteiger partial charge is 0.269 e. The molecule has 1 atom stereocenters. The molecule has 1 aromatic rings. The summed E-state index contributed by atoms with van der Waals surface area (Å²) in [4.78, 5) is 28.5. The minimum Gasteiger partial charge on any atom is -0.376 e. The molecule has 3 rings (SSSR count). The fraction of sp³-hybridized carbons (Fsp3) is 0.562. The van der Waals surface area contributed by atoms with Gasteiger partial charge in [0, 0.05) is 25.1 Å². The van der Waals surface area contributed by atoms with Crippen molar-refractivity contribution in [3.8, 4) is 0 Å². The van der Waals surface area contributed by atoms with Gasteiger partial charge in [0.25, 0.3) is 5.91 Å². The Kier molecular flexibility index (Phi) is 4.29. The Morgan fingerprint density at radius 1 is 1.29 bits per heavy atom. The third-order valence-electron chi connectivity index (χ3n) is 4.09. The van der Waals surface area contributed by atoms with E-state index >= 15 is 0 Å². The van der Waals surface area contributed by atoms with Crippen LogP contribution in [0.3, 0.4) is 0 Å². The van der Waals surface area contributed by atoms with E-state index < -0.39 is 0 Å². The largest absolute Gasteiger partial charge is 0.376 e. The number of aryl methyl sites for hydroxylation is 1. The Balaban J connectivity index is 1.69. The van der Waals surface area contributed by atoms with Gasteiger partial charge in [-0.25, -0.2) is 4.98 Å². The molecule has 0 radical (unpaired) electrons. The van der Waals surface area contributed by atoms with Crippen LogP contribution in [0.5, 0.6) is 0 Å². The zero-order valence-electron chi connectivity index (χ0n) is 12.1. The third-order valence-corrected chi connectivity index (χ3v) is 4.09. The predicted molar refractivity (Wildman–Crippen MR) is 77.4 cm³/mol. The van der Waals surface area contributed by atoms with Gasteiger partial charge in [-0.05, 0) is 44.2 Å². The van der Waals surface area contributed by atoms with Gasteiger partial charge in [-0.2, -0.15) is 0 Å². The lowest BCUT2D eigenvalue weighted by Gasteiger charge is -2.11. The van der Waals surface area contributed by atoms with Crippen molar-refractivity contribution >= 4 is 11.7 Å². The summed E-state index contributed by atoms with van der Waals surface area (Å²) in [6, 6.07) is 3.39. The quantitative estimate of drug-likeness (QED) is 0.863. The van der Waals surface area contributed by atoms with Crippen molar-refractivity contribution in [1.82, 2.24) is 10.3 Å². The predicted octanol–water partition coefficient (Wildman–Crippen LogP) is 1.90. The van der Waals surface area contributed by atoms with Crippen LogP contribution >= 0.6 is 0 Å². The molecule has 0 spiro atoms. The lowest BCUT2D eigenvalue weighted by Crippen LogP contribution is -2.32. The molecule has 1 amide bonds. The number of hydrogen-bond donors (Lipinski definition) is 1. The Morgan fingerprint density at radius 2 is 2.14 bits per heavy atom. The van der Waals surface area contributed by atoms with Crippen LogP contribution < -0.4 is 5.32 Å². The monoisotopic (exact) mass is 288 g/mol. The highest BCUT2D eigenvalue weighted by molar-refractivity contribution is 5.99. The molecule has 1 aliphatic heterocycles. The first kappa shape index (κ1) is 14.2. The van der Waals surface area contributed by atoms with E-state index in [0.717, 1.165) is 44.4 Å². The number of nitrogens with zero attached hydrogens (tertiary/aromatic N) is 1. The molecular formula is C16H20N2O3. The highest BCUT2D eigenvalue weighted by Gasteiger charge is 2.20. The van der Waals surface area contributed by atoms with Crippen LogP contribution in [0.15, 0.2) is 12.1 Å².